The van der Waals surface area contributed by atoms with Crippen LogP contribution in [-0.4, -0.2) is 0 Å². The summed E-state index contributed by atoms with van der Waals surface area (Å²) in [6.07, 6.45) is 0. The first-order valence-electron chi connectivity index (χ1n) is 11.3. The highest BCUT2D eigenvalue weighted by Gasteiger charge is 2.19. The lowest BCUT2D eigenvalue weighted by molar-refractivity contribution is 0.670. The van der Waals surface area contributed by atoms with Crippen LogP contribution in [0.5, 0.6) is 0 Å². The van der Waals surface area contributed by atoms with Crippen LogP contribution in [0.25, 0.3) is 65.7 Å². The molecule has 0 aliphatic heterocycles. The summed E-state index contributed by atoms with van der Waals surface area (Å²) in [6.45, 7) is 0. The molecule has 0 atom stereocenters. The summed E-state index contributed by atoms with van der Waals surface area (Å²) in [6, 6.07) is 43.0. The van der Waals surface area contributed by atoms with E-state index in [0.717, 1.165) is 27.7 Å². The van der Waals surface area contributed by atoms with Gasteiger partial charge in [0.2, 0.25) is 0 Å². The Hall–Kier alpha value is -4.36. The molecule has 0 amide bonds. The Kier molecular flexibility index (Phi) is 3.91. The summed E-state index contributed by atoms with van der Waals surface area (Å²) in [5.41, 5.74) is 6.62. The molecular weight excluding hydrogens is 400 g/mol. The van der Waals surface area contributed by atoms with Crippen molar-refractivity contribution in [1.29, 1.82) is 0 Å². The fourth-order valence-electron chi connectivity index (χ4n) is 5.19. The maximum atomic E-state index is 6.52. The van der Waals surface area contributed by atoms with E-state index in [1.54, 1.807) is 0 Å². The van der Waals surface area contributed by atoms with E-state index in [1.165, 1.54) is 38.1 Å². The number of para-hydroxylation sites is 1. The molecule has 0 saturated carbocycles. The second-order valence-electron chi connectivity index (χ2n) is 8.52. The fraction of sp³-hybridized carbons (Fsp3) is 0. The highest BCUT2D eigenvalue weighted by Crippen LogP contribution is 2.45. The maximum absolute atomic E-state index is 6.52. The van der Waals surface area contributed by atoms with Gasteiger partial charge in [0.25, 0.3) is 0 Å². The molecule has 0 fully saturated rings. The van der Waals surface area contributed by atoms with E-state index >= 15 is 0 Å². The SMILES string of the molecule is c1ccc(-c2ccc(-c3c4ccccc4cc4ccccc34)c3c2oc2ccccc23)cc1. The summed E-state index contributed by atoms with van der Waals surface area (Å²) < 4.78 is 6.52. The van der Waals surface area contributed by atoms with Gasteiger partial charge in [0.05, 0.1) is 0 Å². The first kappa shape index (κ1) is 18.2. The van der Waals surface area contributed by atoms with E-state index in [4.69, 9.17) is 4.42 Å². The second-order valence-corrected chi connectivity index (χ2v) is 8.52. The van der Waals surface area contributed by atoms with Crippen LogP contribution in [0.3, 0.4) is 0 Å². The van der Waals surface area contributed by atoms with Crippen LogP contribution >= 0.6 is 0 Å². The van der Waals surface area contributed by atoms with E-state index in [2.05, 4.69) is 115 Å². The lowest BCUT2D eigenvalue weighted by atomic mass is 9.88. The topological polar surface area (TPSA) is 13.1 Å². The molecule has 33 heavy (non-hydrogen) atoms. The summed E-state index contributed by atoms with van der Waals surface area (Å²) in [4.78, 5) is 0. The van der Waals surface area contributed by atoms with Gasteiger partial charge in [-0.25, -0.2) is 0 Å². The monoisotopic (exact) mass is 420 g/mol. The van der Waals surface area contributed by atoms with Crippen LogP contribution in [0.1, 0.15) is 0 Å². The minimum absolute atomic E-state index is 0.918. The van der Waals surface area contributed by atoms with Gasteiger partial charge >= 0.3 is 0 Å². The molecule has 0 N–H and O–H groups in total. The quantitative estimate of drug-likeness (QED) is 0.254. The highest BCUT2D eigenvalue weighted by atomic mass is 16.3. The van der Waals surface area contributed by atoms with Crippen molar-refractivity contribution in [3.8, 4) is 22.3 Å². The zero-order chi connectivity index (χ0) is 21.8. The molecule has 1 heteroatoms. The normalized spacial score (nSPS) is 11.6. The molecule has 0 unspecified atom stereocenters. The summed E-state index contributed by atoms with van der Waals surface area (Å²) >= 11 is 0. The lowest BCUT2D eigenvalue weighted by Crippen LogP contribution is -1.88. The van der Waals surface area contributed by atoms with Crippen LogP contribution < -0.4 is 0 Å². The zero-order valence-corrected chi connectivity index (χ0v) is 18.0. The largest absolute Gasteiger partial charge is 0.455 e. The molecule has 0 radical (unpaired) electrons. The number of benzene rings is 6. The van der Waals surface area contributed by atoms with Gasteiger partial charge in [0, 0.05) is 16.3 Å². The Morgan fingerprint density at radius 2 is 1.03 bits per heavy atom. The van der Waals surface area contributed by atoms with Crippen molar-refractivity contribution in [3.05, 3.63) is 121 Å². The van der Waals surface area contributed by atoms with Crippen LogP contribution in [0, 0.1) is 0 Å². The van der Waals surface area contributed by atoms with Gasteiger partial charge in [-0.1, -0.05) is 103 Å². The fourth-order valence-corrected chi connectivity index (χ4v) is 5.19. The summed E-state index contributed by atoms with van der Waals surface area (Å²) in [7, 11) is 0. The van der Waals surface area contributed by atoms with Gasteiger partial charge in [-0.15, -0.1) is 0 Å². The highest BCUT2D eigenvalue weighted by molar-refractivity contribution is 6.22. The minimum Gasteiger partial charge on any atom is -0.455 e. The molecule has 0 aliphatic rings. The van der Waals surface area contributed by atoms with Gasteiger partial charge in [-0.2, -0.15) is 0 Å². The van der Waals surface area contributed by atoms with Crippen molar-refractivity contribution in [2.24, 2.45) is 0 Å². The van der Waals surface area contributed by atoms with Crippen LogP contribution in [0.4, 0.5) is 0 Å². The van der Waals surface area contributed by atoms with Gasteiger partial charge < -0.3 is 4.42 Å². The molecule has 1 nitrogen and oxygen atoms in total. The third-order valence-electron chi connectivity index (χ3n) is 6.65. The third kappa shape index (κ3) is 2.73. The first-order chi connectivity index (χ1) is 16.4. The molecule has 7 rings (SSSR count). The van der Waals surface area contributed by atoms with Gasteiger partial charge in [0.15, 0.2) is 0 Å². The van der Waals surface area contributed by atoms with Crippen LogP contribution in [0.15, 0.2) is 126 Å². The van der Waals surface area contributed by atoms with E-state index in [9.17, 15) is 0 Å². The molecule has 7 aromatic rings. The Morgan fingerprint density at radius 1 is 0.455 bits per heavy atom. The molecule has 0 aliphatic carbocycles. The number of rotatable bonds is 2. The van der Waals surface area contributed by atoms with Crippen LogP contribution in [0.2, 0.25) is 0 Å². The van der Waals surface area contributed by atoms with Crippen molar-refractivity contribution in [3.63, 3.8) is 0 Å². The van der Waals surface area contributed by atoms with Crippen molar-refractivity contribution in [1.82, 2.24) is 0 Å². The molecule has 6 aromatic carbocycles. The number of hydrogen-bond donors (Lipinski definition) is 0. The van der Waals surface area contributed by atoms with E-state index in [0.29, 0.717) is 0 Å². The van der Waals surface area contributed by atoms with Crippen molar-refractivity contribution < 1.29 is 4.42 Å². The molecule has 0 saturated heterocycles. The van der Waals surface area contributed by atoms with Crippen molar-refractivity contribution in [2.45, 2.75) is 0 Å². The van der Waals surface area contributed by atoms with E-state index < -0.39 is 0 Å². The third-order valence-corrected chi connectivity index (χ3v) is 6.65. The number of hydrogen-bond acceptors (Lipinski definition) is 1. The zero-order valence-electron chi connectivity index (χ0n) is 18.0. The molecule has 154 valence electrons. The minimum atomic E-state index is 0.918. The average Bonchev–Trinajstić information content (AvgIpc) is 3.27. The standard InChI is InChI=1S/C32H20O/c1-2-10-21(11-3-1)26-18-19-28(31-27-16-8-9-17-29(27)33-32(26)31)30-24-14-6-4-12-22(24)20-23-13-5-7-15-25(23)30/h1-20H. The van der Waals surface area contributed by atoms with Crippen molar-refractivity contribution in [2.75, 3.05) is 0 Å². The molecule has 1 heterocycles. The predicted octanol–water partition coefficient (Wildman–Crippen LogP) is 9.23. The molecule has 1 aromatic heterocycles. The number of furan rings is 1. The van der Waals surface area contributed by atoms with E-state index in [-0.39, 0.29) is 0 Å². The van der Waals surface area contributed by atoms with Crippen molar-refractivity contribution >= 4 is 43.5 Å². The maximum Gasteiger partial charge on any atom is 0.143 e. The molecule has 0 spiro atoms. The summed E-state index contributed by atoms with van der Waals surface area (Å²) in [5, 5.41) is 7.34. The van der Waals surface area contributed by atoms with Gasteiger partial charge in [-0.05, 0) is 56.4 Å². The average molecular weight is 421 g/mol. The Balaban J connectivity index is 1.69. The number of fused-ring (bicyclic) bond motifs is 5. The van der Waals surface area contributed by atoms with Crippen LogP contribution in [-0.2, 0) is 0 Å². The Morgan fingerprint density at radius 3 is 1.76 bits per heavy atom. The lowest BCUT2D eigenvalue weighted by Gasteiger charge is -2.14. The van der Waals surface area contributed by atoms with Gasteiger partial charge in [0.1, 0.15) is 11.2 Å². The predicted molar refractivity (Wildman–Crippen MR) is 140 cm³/mol. The first-order valence-corrected chi connectivity index (χ1v) is 11.3. The van der Waals surface area contributed by atoms with Gasteiger partial charge in [-0.3, -0.25) is 0 Å². The Labute approximate surface area is 191 Å². The Bertz CT molecular complexity index is 1750. The molecule has 0 bridgehead atoms. The summed E-state index contributed by atoms with van der Waals surface area (Å²) in [5.74, 6) is 0. The molecular formula is C32H20O. The second kappa shape index (κ2) is 7.08. The van der Waals surface area contributed by atoms with E-state index in [1.807, 2.05) is 6.07 Å². The smallest absolute Gasteiger partial charge is 0.143 e.